The predicted molar refractivity (Wildman–Crippen MR) is 83.2 cm³/mol. The lowest BCUT2D eigenvalue weighted by atomic mass is 10.0. The number of hydrogen-bond acceptors (Lipinski definition) is 6. The van der Waals surface area contributed by atoms with Crippen molar-refractivity contribution in [3.8, 4) is 0 Å². The third-order valence-corrected chi connectivity index (χ3v) is 5.89. The van der Waals surface area contributed by atoms with Crippen LogP contribution in [0.25, 0.3) is 0 Å². The fourth-order valence-corrected chi connectivity index (χ4v) is 4.37. The standard InChI is InChI=1S/C14H15ClFN3O4S/c1-9-17-13(23-18-9)14(20)4-5-19(8-14)24(21,22)7-10-6-11(15)2-3-12(10)16/h2-3,6,20H,4-5,7-8H2,1H3/t14-/m1/s1. The fraction of sp³-hybridized carbons (Fsp3) is 0.429. The number of β-amino-alcohol motifs (C(OH)–C–C–N with tert-alkyl or cyclic N) is 1. The van der Waals surface area contributed by atoms with E-state index in [4.69, 9.17) is 16.1 Å². The molecule has 0 radical (unpaired) electrons. The van der Waals surface area contributed by atoms with Gasteiger partial charge in [-0.25, -0.2) is 12.8 Å². The molecule has 1 fully saturated rings. The summed E-state index contributed by atoms with van der Waals surface area (Å²) in [6, 6.07) is 3.74. The molecule has 0 aliphatic carbocycles. The minimum absolute atomic E-state index is 0.0216. The molecule has 2 heterocycles. The summed E-state index contributed by atoms with van der Waals surface area (Å²) in [5.74, 6) is -0.865. The highest BCUT2D eigenvalue weighted by atomic mass is 35.5. The number of benzene rings is 1. The van der Waals surface area contributed by atoms with Gasteiger partial charge in [0, 0.05) is 23.6 Å². The lowest BCUT2D eigenvalue weighted by Crippen LogP contribution is -2.35. The number of sulfonamides is 1. The Balaban J connectivity index is 1.80. The largest absolute Gasteiger partial charge is 0.379 e. The molecule has 1 N–H and O–H groups in total. The Morgan fingerprint density at radius 3 is 2.92 bits per heavy atom. The monoisotopic (exact) mass is 375 g/mol. The van der Waals surface area contributed by atoms with Gasteiger partial charge in [0.1, 0.15) is 5.82 Å². The molecule has 0 unspecified atom stereocenters. The minimum atomic E-state index is -3.84. The van der Waals surface area contributed by atoms with E-state index in [1.807, 2.05) is 0 Å². The summed E-state index contributed by atoms with van der Waals surface area (Å²) in [4.78, 5) is 3.96. The van der Waals surface area contributed by atoms with Crippen LogP contribution in [0.15, 0.2) is 22.7 Å². The molecule has 0 amide bonds. The first-order valence-electron chi connectivity index (χ1n) is 7.14. The molecule has 1 saturated heterocycles. The van der Waals surface area contributed by atoms with Crippen molar-refractivity contribution < 1.29 is 22.4 Å². The maximum Gasteiger partial charge on any atom is 0.260 e. The van der Waals surface area contributed by atoms with E-state index >= 15 is 0 Å². The Kier molecular flexibility index (Phi) is 4.37. The molecule has 1 aliphatic heterocycles. The topological polar surface area (TPSA) is 96.5 Å². The molecule has 1 aliphatic rings. The van der Waals surface area contributed by atoms with Crippen LogP contribution in [0, 0.1) is 12.7 Å². The second kappa shape index (κ2) is 6.07. The first kappa shape index (κ1) is 17.3. The van der Waals surface area contributed by atoms with E-state index in [0.717, 1.165) is 10.4 Å². The van der Waals surface area contributed by atoms with Gasteiger partial charge < -0.3 is 9.63 Å². The van der Waals surface area contributed by atoms with Crippen molar-refractivity contribution in [1.29, 1.82) is 0 Å². The number of rotatable bonds is 4. The quantitative estimate of drug-likeness (QED) is 0.871. The van der Waals surface area contributed by atoms with Crippen LogP contribution < -0.4 is 0 Å². The van der Waals surface area contributed by atoms with Gasteiger partial charge >= 0.3 is 0 Å². The van der Waals surface area contributed by atoms with Crippen LogP contribution >= 0.6 is 11.6 Å². The molecule has 1 atom stereocenters. The van der Waals surface area contributed by atoms with E-state index < -0.39 is 27.2 Å². The van der Waals surface area contributed by atoms with E-state index in [1.54, 1.807) is 6.92 Å². The normalized spacial score (nSPS) is 22.2. The van der Waals surface area contributed by atoms with Gasteiger partial charge in [0.25, 0.3) is 5.89 Å². The minimum Gasteiger partial charge on any atom is -0.379 e. The molecule has 2 aromatic rings. The molecule has 3 rings (SSSR count). The zero-order valence-corrected chi connectivity index (χ0v) is 14.3. The Hall–Kier alpha value is -1.55. The van der Waals surface area contributed by atoms with Gasteiger partial charge in [0.2, 0.25) is 10.0 Å². The summed E-state index contributed by atoms with van der Waals surface area (Å²) in [5.41, 5.74) is -1.56. The third-order valence-electron chi connectivity index (χ3n) is 3.88. The number of halogens is 2. The summed E-state index contributed by atoms with van der Waals surface area (Å²) in [6.07, 6.45) is 0.117. The van der Waals surface area contributed by atoms with Gasteiger partial charge in [-0.2, -0.15) is 9.29 Å². The first-order valence-corrected chi connectivity index (χ1v) is 9.13. The zero-order valence-electron chi connectivity index (χ0n) is 12.7. The average Bonchev–Trinajstić information content (AvgIpc) is 3.10. The Morgan fingerprint density at radius 1 is 1.50 bits per heavy atom. The Bertz CT molecular complexity index is 873. The highest BCUT2D eigenvalue weighted by Crippen LogP contribution is 2.33. The molecule has 0 saturated carbocycles. The molecular weight excluding hydrogens is 361 g/mol. The van der Waals surface area contributed by atoms with Crippen molar-refractivity contribution in [2.75, 3.05) is 13.1 Å². The average molecular weight is 376 g/mol. The van der Waals surface area contributed by atoms with Crippen molar-refractivity contribution in [3.05, 3.63) is 46.3 Å². The molecule has 1 aromatic carbocycles. The van der Waals surface area contributed by atoms with Gasteiger partial charge in [-0.15, -0.1) is 0 Å². The van der Waals surface area contributed by atoms with Crippen molar-refractivity contribution in [1.82, 2.24) is 14.4 Å². The van der Waals surface area contributed by atoms with Gasteiger partial charge in [0.05, 0.1) is 12.3 Å². The van der Waals surface area contributed by atoms with Crippen LogP contribution in [-0.4, -0.2) is 41.1 Å². The highest BCUT2D eigenvalue weighted by molar-refractivity contribution is 7.88. The summed E-state index contributed by atoms with van der Waals surface area (Å²) in [7, 11) is -3.84. The SMILES string of the molecule is Cc1noc([C@@]2(O)CCN(S(=O)(=O)Cc3cc(Cl)ccc3F)C2)n1. The molecule has 130 valence electrons. The van der Waals surface area contributed by atoms with E-state index in [2.05, 4.69) is 10.1 Å². The summed E-state index contributed by atoms with van der Waals surface area (Å²) in [6.45, 7) is 1.45. The number of aromatic nitrogens is 2. The highest BCUT2D eigenvalue weighted by Gasteiger charge is 2.46. The van der Waals surface area contributed by atoms with Crippen LogP contribution in [0.5, 0.6) is 0 Å². The van der Waals surface area contributed by atoms with Crippen molar-refractivity contribution >= 4 is 21.6 Å². The maximum atomic E-state index is 13.8. The predicted octanol–water partition coefficient (Wildman–Crippen LogP) is 1.59. The lowest BCUT2D eigenvalue weighted by molar-refractivity contribution is 0.0194. The van der Waals surface area contributed by atoms with Gasteiger partial charge in [0.15, 0.2) is 11.4 Å². The van der Waals surface area contributed by atoms with E-state index in [-0.39, 0.29) is 36.0 Å². The maximum absolute atomic E-state index is 13.8. The zero-order chi connectivity index (χ0) is 17.5. The fourth-order valence-electron chi connectivity index (χ4n) is 2.60. The van der Waals surface area contributed by atoms with Gasteiger partial charge in [-0.1, -0.05) is 16.8 Å². The van der Waals surface area contributed by atoms with Gasteiger partial charge in [-0.3, -0.25) is 0 Å². The molecule has 0 spiro atoms. The summed E-state index contributed by atoms with van der Waals surface area (Å²) >= 11 is 5.79. The van der Waals surface area contributed by atoms with Crippen LogP contribution in [0.1, 0.15) is 23.7 Å². The Morgan fingerprint density at radius 2 is 2.25 bits per heavy atom. The van der Waals surface area contributed by atoms with Crippen molar-refractivity contribution in [2.24, 2.45) is 0 Å². The second-order valence-electron chi connectivity index (χ2n) is 5.75. The molecule has 0 bridgehead atoms. The van der Waals surface area contributed by atoms with Crippen LogP contribution in [0.4, 0.5) is 4.39 Å². The van der Waals surface area contributed by atoms with E-state index in [9.17, 15) is 17.9 Å². The molecular formula is C14H15ClFN3O4S. The van der Waals surface area contributed by atoms with Crippen molar-refractivity contribution in [3.63, 3.8) is 0 Å². The first-order chi connectivity index (χ1) is 11.2. The molecule has 10 heteroatoms. The number of aliphatic hydroxyl groups is 1. The Labute approximate surface area is 143 Å². The molecule has 1 aromatic heterocycles. The second-order valence-corrected chi connectivity index (χ2v) is 8.16. The van der Waals surface area contributed by atoms with Gasteiger partial charge in [-0.05, 0) is 25.1 Å². The third kappa shape index (κ3) is 3.30. The number of nitrogens with zero attached hydrogens (tertiary/aromatic N) is 3. The molecule has 7 nitrogen and oxygen atoms in total. The van der Waals surface area contributed by atoms with Crippen LogP contribution in [0.2, 0.25) is 5.02 Å². The number of aryl methyl sites for hydroxylation is 1. The van der Waals surface area contributed by atoms with Crippen LogP contribution in [0.3, 0.4) is 0 Å². The van der Waals surface area contributed by atoms with E-state index in [0.29, 0.717) is 5.82 Å². The van der Waals surface area contributed by atoms with Crippen molar-refractivity contribution in [2.45, 2.75) is 24.7 Å². The smallest absolute Gasteiger partial charge is 0.260 e. The molecule has 24 heavy (non-hydrogen) atoms. The van der Waals surface area contributed by atoms with E-state index in [1.165, 1.54) is 12.1 Å². The summed E-state index contributed by atoms with van der Waals surface area (Å²) in [5, 5.41) is 14.4. The number of hydrogen-bond donors (Lipinski definition) is 1. The van der Waals surface area contributed by atoms with Crippen LogP contribution in [-0.2, 0) is 21.4 Å². The summed E-state index contributed by atoms with van der Waals surface area (Å²) < 4.78 is 44.9. The lowest BCUT2D eigenvalue weighted by Gasteiger charge is -2.19.